The lowest BCUT2D eigenvalue weighted by Crippen LogP contribution is -2.34. The van der Waals surface area contributed by atoms with E-state index in [-0.39, 0.29) is 31.7 Å². The third kappa shape index (κ3) is 4.66. The number of hydrogen-bond donors (Lipinski definition) is 2. The summed E-state index contributed by atoms with van der Waals surface area (Å²) in [6.07, 6.45) is 0.225. The van der Waals surface area contributed by atoms with Crippen LogP contribution in [0.2, 0.25) is 0 Å². The lowest BCUT2D eigenvalue weighted by Gasteiger charge is -2.17. The Morgan fingerprint density at radius 1 is 1.08 bits per heavy atom. The van der Waals surface area contributed by atoms with Crippen molar-refractivity contribution in [2.45, 2.75) is 13.0 Å². The first-order valence-electron chi connectivity index (χ1n) is 8.34. The Kier molecular flexibility index (Phi) is 5.58. The maximum Gasteiger partial charge on any atom is 0.319 e. The van der Waals surface area contributed by atoms with Gasteiger partial charge in [-0.25, -0.2) is 4.79 Å². The molecule has 0 saturated carbocycles. The lowest BCUT2D eigenvalue weighted by molar-refractivity contribution is -0.130. The van der Waals surface area contributed by atoms with Crippen LogP contribution in [0, 0.1) is 0 Å². The zero-order chi connectivity index (χ0) is 18.4. The van der Waals surface area contributed by atoms with E-state index in [1.807, 2.05) is 36.4 Å². The van der Waals surface area contributed by atoms with Gasteiger partial charge in [-0.3, -0.25) is 4.79 Å². The van der Waals surface area contributed by atoms with E-state index in [9.17, 15) is 9.59 Å². The van der Waals surface area contributed by atoms with E-state index in [1.54, 1.807) is 24.1 Å². The fourth-order valence-corrected chi connectivity index (χ4v) is 2.57. The standard InChI is InChI=1S/C19H21N3O4/c1-22(12-14-7-8-16-17(11-14)26-13-25-16)18(23)9-10-20-19(24)21-15-5-3-2-4-6-15/h2-8,11H,9-10,12-13H2,1H3,(H2,20,21,24). The summed E-state index contributed by atoms with van der Waals surface area (Å²) >= 11 is 0. The van der Waals surface area contributed by atoms with Crippen molar-refractivity contribution in [2.24, 2.45) is 0 Å². The minimum atomic E-state index is -0.331. The molecule has 0 spiro atoms. The number of para-hydroxylation sites is 1. The SMILES string of the molecule is CN(Cc1ccc2c(c1)OCO2)C(=O)CCNC(=O)Nc1ccccc1. The van der Waals surface area contributed by atoms with E-state index >= 15 is 0 Å². The first-order chi connectivity index (χ1) is 12.6. The van der Waals surface area contributed by atoms with Crippen molar-refractivity contribution in [1.82, 2.24) is 10.2 Å². The highest BCUT2D eigenvalue weighted by atomic mass is 16.7. The van der Waals surface area contributed by atoms with Crippen LogP contribution < -0.4 is 20.1 Å². The van der Waals surface area contributed by atoms with E-state index in [4.69, 9.17) is 9.47 Å². The van der Waals surface area contributed by atoms with Crippen LogP contribution in [0.3, 0.4) is 0 Å². The topological polar surface area (TPSA) is 79.9 Å². The number of anilines is 1. The van der Waals surface area contributed by atoms with E-state index < -0.39 is 0 Å². The largest absolute Gasteiger partial charge is 0.454 e. The van der Waals surface area contributed by atoms with Gasteiger partial charge in [-0.15, -0.1) is 0 Å². The molecular weight excluding hydrogens is 334 g/mol. The Balaban J connectivity index is 1.41. The number of carbonyl (C=O) groups is 2. The van der Waals surface area contributed by atoms with Crippen LogP contribution in [-0.2, 0) is 11.3 Å². The summed E-state index contributed by atoms with van der Waals surface area (Å²) in [4.78, 5) is 25.6. The lowest BCUT2D eigenvalue weighted by atomic mass is 10.2. The van der Waals surface area contributed by atoms with Crippen molar-refractivity contribution in [2.75, 3.05) is 25.7 Å². The molecule has 2 aromatic carbocycles. The molecule has 3 amide bonds. The van der Waals surface area contributed by atoms with Gasteiger partial charge < -0.3 is 25.0 Å². The average molecular weight is 355 g/mol. The third-order valence-electron chi connectivity index (χ3n) is 3.94. The summed E-state index contributed by atoms with van der Waals surface area (Å²) < 4.78 is 10.6. The molecule has 0 bridgehead atoms. The number of carbonyl (C=O) groups excluding carboxylic acids is 2. The number of hydrogen-bond acceptors (Lipinski definition) is 4. The van der Waals surface area contributed by atoms with Crippen LogP contribution in [0.15, 0.2) is 48.5 Å². The summed E-state index contributed by atoms with van der Waals surface area (Å²) in [5.74, 6) is 1.36. The van der Waals surface area contributed by atoms with Crippen molar-refractivity contribution >= 4 is 17.6 Å². The van der Waals surface area contributed by atoms with E-state index in [0.717, 1.165) is 11.3 Å². The Bertz CT molecular complexity index is 780. The third-order valence-corrected chi connectivity index (χ3v) is 3.94. The highest BCUT2D eigenvalue weighted by Crippen LogP contribution is 2.32. The number of fused-ring (bicyclic) bond motifs is 1. The molecule has 2 N–H and O–H groups in total. The second-order valence-corrected chi connectivity index (χ2v) is 5.93. The Morgan fingerprint density at radius 3 is 2.65 bits per heavy atom. The first kappa shape index (κ1) is 17.6. The number of rotatable bonds is 6. The van der Waals surface area contributed by atoms with Gasteiger partial charge in [-0.2, -0.15) is 0 Å². The molecule has 0 radical (unpaired) electrons. The molecule has 7 nitrogen and oxygen atoms in total. The molecule has 0 unspecified atom stereocenters. The van der Waals surface area contributed by atoms with Crippen LogP contribution in [-0.4, -0.2) is 37.2 Å². The zero-order valence-corrected chi connectivity index (χ0v) is 14.5. The fraction of sp³-hybridized carbons (Fsp3) is 0.263. The second-order valence-electron chi connectivity index (χ2n) is 5.93. The van der Waals surface area contributed by atoms with Crippen LogP contribution in [0.5, 0.6) is 11.5 Å². The second kappa shape index (κ2) is 8.24. The molecule has 7 heteroatoms. The van der Waals surface area contributed by atoms with Gasteiger partial charge in [0.1, 0.15) is 0 Å². The molecule has 0 fully saturated rings. The molecule has 1 aliphatic rings. The smallest absolute Gasteiger partial charge is 0.319 e. The monoisotopic (exact) mass is 355 g/mol. The van der Waals surface area contributed by atoms with Crippen molar-refractivity contribution in [1.29, 1.82) is 0 Å². The van der Waals surface area contributed by atoms with Gasteiger partial charge in [0, 0.05) is 32.2 Å². The molecule has 0 aromatic heterocycles. The number of nitrogens with one attached hydrogen (secondary N) is 2. The van der Waals surface area contributed by atoms with Gasteiger partial charge in [0.25, 0.3) is 0 Å². The number of urea groups is 1. The van der Waals surface area contributed by atoms with Gasteiger partial charge in [0.05, 0.1) is 0 Å². The molecule has 0 saturated heterocycles. The highest BCUT2D eigenvalue weighted by Gasteiger charge is 2.15. The molecule has 1 heterocycles. The van der Waals surface area contributed by atoms with Crippen LogP contribution in [0.4, 0.5) is 10.5 Å². The van der Waals surface area contributed by atoms with Crippen LogP contribution in [0.1, 0.15) is 12.0 Å². The van der Waals surface area contributed by atoms with Gasteiger partial charge in [-0.05, 0) is 29.8 Å². The molecule has 1 aliphatic heterocycles. The summed E-state index contributed by atoms with van der Waals surface area (Å²) in [5, 5.41) is 5.39. The zero-order valence-electron chi connectivity index (χ0n) is 14.5. The van der Waals surface area contributed by atoms with Gasteiger partial charge in [0.2, 0.25) is 12.7 Å². The van der Waals surface area contributed by atoms with E-state index in [1.165, 1.54) is 0 Å². The maximum atomic E-state index is 12.2. The number of nitrogens with zero attached hydrogens (tertiary/aromatic N) is 1. The van der Waals surface area contributed by atoms with Crippen molar-refractivity contribution in [3.8, 4) is 11.5 Å². The number of ether oxygens (including phenoxy) is 2. The van der Waals surface area contributed by atoms with Crippen LogP contribution in [0.25, 0.3) is 0 Å². The van der Waals surface area contributed by atoms with Crippen molar-refractivity contribution < 1.29 is 19.1 Å². The molecule has 3 rings (SSSR count). The summed E-state index contributed by atoms with van der Waals surface area (Å²) in [5.41, 5.74) is 1.66. The normalized spacial score (nSPS) is 11.7. The number of amides is 3. The maximum absolute atomic E-state index is 12.2. The minimum absolute atomic E-state index is 0.0531. The highest BCUT2D eigenvalue weighted by molar-refractivity contribution is 5.89. The molecule has 26 heavy (non-hydrogen) atoms. The van der Waals surface area contributed by atoms with Crippen molar-refractivity contribution in [3.05, 3.63) is 54.1 Å². The fourth-order valence-electron chi connectivity index (χ4n) is 2.57. The Morgan fingerprint density at radius 2 is 1.85 bits per heavy atom. The van der Waals surface area contributed by atoms with Gasteiger partial charge in [-0.1, -0.05) is 24.3 Å². The molecule has 0 atom stereocenters. The van der Waals surface area contributed by atoms with E-state index in [0.29, 0.717) is 18.0 Å². The Hall–Kier alpha value is -3.22. The summed E-state index contributed by atoms with van der Waals surface area (Å²) in [6.45, 7) is 0.957. The first-order valence-corrected chi connectivity index (χ1v) is 8.34. The summed E-state index contributed by atoms with van der Waals surface area (Å²) in [7, 11) is 1.73. The van der Waals surface area contributed by atoms with Crippen molar-refractivity contribution in [3.63, 3.8) is 0 Å². The Labute approximate surface area is 151 Å². The minimum Gasteiger partial charge on any atom is -0.454 e. The van der Waals surface area contributed by atoms with Gasteiger partial charge >= 0.3 is 6.03 Å². The van der Waals surface area contributed by atoms with Gasteiger partial charge in [0.15, 0.2) is 11.5 Å². The van der Waals surface area contributed by atoms with Crippen LogP contribution >= 0.6 is 0 Å². The summed E-state index contributed by atoms with van der Waals surface area (Å²) in [6, 6.07) is 14.4. The number of benzene rings is 2. The predicted octanol–water partition coefficient (Wildman–Crippen LogP) is 2.59. The van der Waals surface area contributed by atoms with E-state index in [2.05, 4.69) is 10.6 Å². The quantitative estimate of drug-likeness (QED) is 0.835. The average Bonchev–Trinajstić information content (AvgIpc) is 3.10. The molecular formula is C19H21N3O4. The molecule has 0 aliphatic carbocycles. The predicted molar refractivity (Wildman–Crippen MR) is 97.1 cm³/mol. The molecule has 2 aromatic rings. The molecule has 136 valence electrons.